The molecular weight excluding hydrogens is 312 g/mol. The highest BCUT2D eigenvalue weighted by atomic mass is 35.5. The Labute approximate surface area is 118 Å². The van der Waals surface area contributed by atoms with E-state index < -0.39 is 26.6 Å². The van der Waals surface area contributed by atoms with Crippen LogP contribution in [0.15, 0.2) is 35.2 Å². The lowest BCUT2D eigenvalue weighted by molar-refractivity contribution is 0.486. The molecule has 106 valence electrons. The summed E-state index contributed by atoms with van der Waals surface area (Å²) in [6.07, 6.45) is 0. The second-order valence-corrected chi connectivity index (χ2v) is 5.80. The average molecular weight is 320 g/mol. The zero-order valence-electron chi connectivity index (χ0n) is 9.77. The van der Waals surface area contributed by atoms with Crippen molar-refractivity contribution in [3.63, 3.8) is 0 Å². The zero-order chi connectivity index (χ0) is 14.9. The third kappa shape index (κ3) is 2.97. The van der Waals surface area contributed by atoms with E-state index in [4.69, 9.17) is 17.3 Å². The van der Waals surface area contributed by atoms with Crippen LogP contribution in [0.2, 0.25) is 5.15 Å². The molecule has 0 spiro atoms. The van der Waals surface area contributed by atoms with E-state index in [1.165, 1.54) is 18.2 Å². The Morgan fingerprint density at radius 3 is 2.60 bits per heavy atom. The SMILES string of the molecule is Nc1cc(F)c(F)c(S(=O)(=O)Nc2cccc(Cl)n2)c1. The van der Waals surface area contributed by atoms with Gasteiger partial charge in [-0.2, -0.15) is 0 Å². The highest BCUT2D eigenvalue weighted by Crippen LogP contribution is 2.23. The molecule has 0 amide bonds. The summed E-state index contributed by atoms with van der Waals surface area (Å²) in [4.78, 5) is 2.78. The molecule has 0 bridgehead atoms. The van der Waals surface area contributed by atoms with Crippen molar-refractivity contribution in [3.05, 3.63) is 47.1 Å². The lowest BCUT2D eigenvalue weighted by Gasteiger charge is -2.09. The first kappa shape index (κ1) is 14.5. The number of nitrogens with zero attached hydrogens (tertiary/aromatic N) is 1. The van der Waals surface area contributed by atoms with Crippen LogP contribution in [0.25, 0.3) is 0 Å². The molecule has 0 saturated heterocycles. The van der Waals surface area contributed by atoms with E-state index in [1.54, 1.807) is 0 Å². The number of benzene rings is 1. The Bertz CT molecular complexity index is 768. The van der Waals surface area contributed by atoms with E-state index in [-0.39, 0.29) is 16.7 Å². The van der Waals surface area contributed by atoms with Gasteiger partial charge in [0.1, 0.15) is 15.9 Å². The number of nitrogens with two attached hydrogens (primary N) is 1. The number of anilines is 2. The molecule has 1 heterocycles. The first-order valence-electron chi connectivity index (χ1n) is 5.19. The van der Waals surface area contributed by atoms with Gasteiger partial charge in [0.2, 0.25) is 0 Å². The minimum Gasteiger partial charge on any atom is -0.399 e. The van der Waals surface area contributed by atoms with Crippen LogP contribution in [-0.2, 0) is 10.0 Å². The predicted molar refractivity (Wildman–Crippen MR) is 70.8 cm³/mol. The van der Waals surface area contributed by atoms with Gasteiger partial charge in [0.05, 0.1) is 0 Å². The molecule has 0 unspecified atom stereocenters. The summed E-state index contributed by atoms with van der Waals surface area (Å²) in [5.74, 6) is -3.00. The molecule has 0 aliphatic rings. The summed E-state index contributed by atoms with van der Waals surface area (Å²) in [6.45, 7) is 0. The molecular formula is C11H8ClF2N3O2S. The lowest BCUT2D eigenvalue weighted by Crippen LogP contribution is -2.16. The molecule has 0 aliphatic carbocycles. The number of halogens is 3. The summed E-state index contributed by atoms with van der Waals surface area (Å²) >= 11 is 5.60. The Morgan fingerprint density at radius 2 is 1.95 bits per heavy atom. The van der Waals surface area contributed by atoms with E-state index in [0.29, 0.717) is 6.07 Å². The third-order valence-electron chi connectivity index (χ3n) is 2.26. The molecule has 9 heteroatoms. The Kier molecular flexibility index (Phi) is 3.78. The molecule has 20 heavy (non-hydrogen) atoms. The number of pyridine rings is 1. The van der Waals surface area contributed by atoms with Crippen LogP contribution in [0.4, 0.5) is 20.3 Å². The molecule has 3 N–H and O–H groups in total. The van der Waals surface area contributed by atoms with Gasteiger partial charge >= 0.3 is 0 Å². The molecule has 0 aliphatic heterocycles. The predicted octanol–water partition coefficient (Wildman–Crippen LogP) is 2.40. The molecule has 2 aromatic rings. The maximum absolute atomic E-state index is 13.6. The molecule has 2 rings (SSSR count). The third-order valence-corrected chi connectivity index (χ3v) is 3.83. The number of nitrogens with one attached hydrogen (secondary N) is 1. The lowest BCUT2D eigenvalue weighted by atomic mass is 10.3. The van der Waals surface area contributed by atoms with E-state index >= 15 is 0 Å². The van der Waals surface area contributed by atoms with Gasteiger partial charge in [0, 0.05) is 5.69 Å². The van der Waals surface area contributed by atoms with Crippen molar-refractivity contribution in [2.24, 2.45) is 0 Å². The highest BCUT2D eigenvalue weighted by Gasteiger charge is 2.23. The van der Waals surface area contributed by atoms with Crippen LogP contribution in [0.5, 0.6) is 0 Å². The molecule has 1 aromatic heterocycles. The number of rotatable bonds is 3. The van der Waals surface area contributed by atoms with Crippen molar-refractivity contribution in [1.29, 1.82) is 0 Å². The quantitative estimate of drug-likeness (QED) is 0.672. The zero-order valence-corrected chi connectivity index (χ0v) is 11.3. The fourth-order valence-electron chi connectivity index (χ4n) is 1.44. The summed E-state index contributed by atoms with van der Waals surface area (Å²) in [5.41, 5.74) is 5.09. The second kappa shape index (κ2) is 5.22. The van der Waals surface area contributed by atoms with Crippen molar-refractivity contribution in [1.82, 2.24) is 4.98 Å². The molecule has 1 aromatic carbocycles. The van der Waals surface area contributed by atoms with Gasteiger partial charge in [-0.3, -0.25) is 4.72 Å². The number of hydrogen-bond donors (Lipinski definition) is 2. The smallest absolute Gasteiger partial charge is 0.266 e. The van der Waals surface area contributed by atoms with E-state index in [2.05, 4.69) is 4.98 Å². The molecule has 0 atom stereocenters. The van der Waals surface area contributed by atoms with Crippen LogP contribution < -0.4 is 10.5 Å². The van der Waals surface area contributed by atoms with Crippen LogP contribution in [-0.4, -0.2) is 13.4 Å². The van der Waals surface area contributed by atoms with Gasteiger partial charge in [0.15, 0.2) is 11.6 Å². The highest BCUT2D eigenvalue weighted by molar-refractivity contribution is 7.92. The fourth-order valence-corrected chi connectivity index (χ4v) is 2.72. The minimum absolute atomic E-state index is 0.0458. The van der Waals surface area contributed by atoms with Crippen molar-refractivity contribution in [2.45, 2.75) is 4.90 Å². The monoisotopic (exact) mass is 319 g/mol. The maximum atomic E-state index is 13.6. The average Bonchev–Trinajstić information content (AvgIpc) is 2.33. The van der Waals surface area contributed by atoms with Crippen LogP contribution in [0, 0.1) is 11.6 Å². The maximum Gasteiger partial charge on any atom is 0.266 e. The fraction of sp³-hybridized carbons (Fsp3) is 0. The summed E-state index contributed by atoms with van der Waals surface area (Å²) in [5, 5.41) is 0.0458. The van der Waals surface area contributed by atoms with Crippen molar-refractivity contribution in [3.8, 4) is 0 Å². The molecule has 0 radical (unpaired) electrons. The normalized spacial score (nSPS) is 11.3. The largest absolute Gasteiger partial charge is 0.399 e. The number of nitrogen functional groups attached to an aromatic ring is 1. The first-order chi connectivity index (χ1) is 9.29. The van der Waals surface area contributed by atoms with Crippen molar-refractivity contribution in [2.75, 3.05) is 10.5 Å². The Balaban J connectivity index is 2.46. The number of hydrogen-bond acceptors (Lipinski definition) is 4. The van der Waals surface area contributed by atoms with Gasteiger partial charge in [-0.1, -0.05) is 17.7 Å². The van der Waals surface area contributed by atoms with Crippen LogP contribution in [0.1, 0.15) is 0 Å². The number of aromatic nitrogens is 1. The van der Waals surface area contributed by atoms with Crippen molar-refractivity contribution < 1.29 is 17.2 Å². The van der Waals surface area contributed by atoms with Crippen molar-refractivity contribution >= 4 is 33.1 Å². The van der Waals surface area contributed by atoms with E-state index in [1.807, 2.05) is 4.72 Å². The topological polar surface area (TPSA) is 85.1 Å². The molecule has 0 fully saturated rings. The summed E-state index contributed by atoms with van der Waals surface area (Å²) in [6, 6.07) is 5.69. The van der Waals surface area contributed by atoms with Gasteiger partial charge in [-0.15, -0.1) is 0 Å². The molecule has 5 nitrogen and oxygen atoms in total. The van der Waals surface area contributed by atoms with Crippen LogP contribution in [0.3, 0.4) is 0 Å². The number of sulfonamides is 1. The van der Waals surface area contributed by atoms with Gasteiger partial charge in [-0.25, -0.2) is 22.2 Å². The van der Waals surface area contributed by atoms with E-state index in [0.717, 1.165) is 6.07 Å². The summed E-state index contributed by atoms with van der Waals surface area (Å²) in [7, 11) is -4.37. The minimum atomic E-state index is -4.37. The molecule has 0 saturated carbocycles. The Morgan fingerprint density at radius 1 is 1.25 bits per heavy atom. The first-order valence-corrected chi connectivity index (χ1v) is 7.05. The van der Waals surface area contributed by atoms with Crippen LogP contribution >= 0.6 is 11.6 Å². The van der Waals surface area contributed by atoms with Gasteiger partial charge < -0.3 is 5.73 Å². The standard InChI is InChI=1S/C11H8ClF2N3O2S/c12-9-2-1-3-10(16-9)17-20(18,19)8-5-6(15)4-7(13)11(8)14/h1-5H,15H2,(H,16,17). The Hall–Kier alpha value is -1.93. The second-order valence-electron chi connectivity index (χ2n) is 3.77. The summed E-state index contributed by atoms with van der Waals surface area (Å²) < 4.78 is 52.7. The van der Waals surface area contributed by atoms with E-state index in [9.17, 15) is 17.2 Å². The van der Waals surface area contributed by atoms with Gasteiger partial charge in [-0.05, 0) is 24.3 Å². The van der Waals surface area contributed by atoms with Gasteiger partial charge in [0.25, 0.3) is 10.0 Å².